The van der Waals surface area contributed by atoms with Crippen molar-refractivity contribution in [1.29, 1.82) is 0 Å². The summed E-state index contributed by atoms with van der Waals surface area (Å²) in [5, 5.41) is 2.67. The molecule has 0 aliphatic carbocycles. The van der Waals surface area contributed by atoms with E-state index >= 15 is 0 Å². The molecule has 6 nitrogen and oxygen atoms in total. The maximum atomic E-state index is 13.7. The minimum absolute atomic E-state index is 0.0170. The summed E-state index contributed by atoms with van der Waals surface area (Å²) in [5.41, 5.74) is 0.754. The lowest BCUT2D eigenvalue weighted by Crippen LogP contribution is -2.22. The summed E-state index contributed by atoms with van der Waals surface area (Å²) in [5.74, 6) is -7.21. The van der Waals surface area contributed by atoms with Crippen LogP contribution in [0, 0.1) is 23.3 Å². The van der Waals surface area contributed by atoms with E-state index in [2.05, 4.69) is 5.32 Å². The third-order valence-electron chi connectivity index (χ3n) is 4.38. The van der Waals surface area contributed by atoms with E-state index < -0.39 is 41.5 Å². The van der Waals surface area contributed by atoms with Gasteiger partial charge in [-0.2, -0.15) is 8.78 Å². The van der Waals surface area contributed by atoms with Gasteiger partial charge in [-0.05, 0) is 43.7 Å². The molecule has 1 aromatic heterocycles. The van der Waals surface area contributed by atoms with E-state index in [9.17, 15) is 22.4 Å². The van der Waals surface area contributed by atoms with Crippen LogP contribution in [0.5, 0.6) is 17.2 Å². The number of rotatable bonds is 10. The van der Waals surface area contributed by atoms with Crippen molar-refractivity contribution in [2.45, 2.75) is 27.0 Å². The lowest BCUT2D eigenvalue weighted by molar-refractivity contribution is 0.0918. The highest BCUT2D eigenvalue weighted by molar-refractivity contribution is 5.91. The first kappa shape index (κ1) is 24.0. The standard InChI is InChI=1S/C23H21F4NO5/c1-3-30-17-7-5-13(9-19(17)31-4-2)11-28-23(29)18-8-6-14(33-18)12-32-22-20(26)15(24)10-16(25)21(22)27/h5-10H,3-4,11-12H2,1-2H3,(H,28,29). The van der Waals surface area contributed by atoms with E-state index in [4.69, 9.17) is 18.6 Å². The Kier molecular flexibility index (Phi) is 7.81. The van der Waals surface area contributed by atoms with Crippen LogP contribution >= 0.6 is 0 Å². The minimum atomic E-state index is -1.67. The molecule has 0 aliphatic rings. The number of carbonyl (C=O) groups is 1. The topological polar surface area (TPSA) is 69.9 Å². The van der Waals surface area contributed by atoms with Crippen molar-refractivity contribution in [3.8, 4) is 17.2 Å². The van der Waals surface area contributed by atoms with Gasteiger partial charge < -0.3 is 23.9 Å². The molecule has 1 amide bonds. The predicted molar refractivity (Wildman–Crippen MR) is 109 cm³/mol. The summed E-state index contributed by atoms with van der Waals surface area (Å²) >= 11 is 0. The van der Waals surface area contributed by atoms with Crippen LogP contribution in [-0.2, 0) is 13.2 Å². The van der Waals surface area contributed by atoms with Crippen molar-refractivity contribution in [1.82, 2.24) is 5.32 Å². The van der Waals surface area contributed by atoms with Crippen LogP contribution in [0.15, 0.2) is 40.8 Å². The molecular formula is C23H21F4NO5. The Balaban J connectivity index is 1.61. The molecule has 0 saturated heterocycles. The van der Waals surface area contributed by atoms with Crippen LogP contribution in [0.1, 0.15) is 35.7 Å². The van der Waals surface area contributed by atoms with Gasteiger partial charge in [-0.1, -0.05) is 6.07 Å². The summed E-state index contributed by atoms with van der Waals surface area (Å²) in [7, 11) is 0. The Morgan fingerprint density at radius 3 is 2.21 bits per heavy atom. The number of halogens is 4. The van der Waals surface area contributed by atoms with Crippen LogP contribution in [0.4, 0.5) is 17.6 Å². The van der Waals surface area contributed by atoms with Crippen molar-refractivity contribution >= 4 is 5.91 Å². The lowest BCUT2D eigenvalue weighted by atomic mass is 10.2. The molecule has 0 radical (unpaired) electrons. The Labute approximate surface area is 187 Å². The largest absolute Gasteiger partial charge is 0.490 e. The quantitative estimate of drug-likeness (QED) is 0.330. The average Bonchev–Trinajstić information content (AvgIpc) is 3.27. The van der Waals surface area contributed by atoms with Crippen molar-refractivity contribution in [2.75, 3.05) is 13.2 Å². The fourth-order valence-electron chi connectivity index (χ4n) is 2.87. The lowest BCUT2D eigenvalue weighted by Gasteiger charge is -2.12. The van der Waals surface area contributed by atoms with Crippen molar-refractivity contribution in [2.24, 2.45) is 0 Å². The van der Waals surface area contributed by atoms with E-state index in [-0.39, 0.29) is 24.1 Å². The molecule has 0 unspecified atom stereocenters. The maximum Gasteiger partial charge on any atom is 0.287 e. The van der Waals surface area contributed by atoms with Crippen LogP contribution in [-0.4, -0.2) is 19.1 Å². The van der Waals surface area contributed by atoms with E-state index in [0.717, 1.165) is 5.56 Å². The summed E-state index contributed by atoms with van der Waals surface area (Å²) in [4.78, 5) is 12.4. The Bertz CT molecular complexity index is 1110. The zero-order valence-electron chi connectivity index (χ0n) is 17.8. The van der Waals surface area contributed by atoms with Crippen LogP contribution in [0.25, 0.3) is 0 Å². The summed E-state index contributed by atoms with van der Waals surface area (Å²) in [6.07, 6.45) is 0. The number of amides is 1. The molecule has 0 bridgehead atoms. The number of furan rings is 1. The van der Waals surface area contributed by atoms with Crippen molar-refractivity contribution < 1.29 is 41.0 Å². The second-order valence-corrected chi connectivity index (χ2v) is 6.68. The zero-order chi connectivity index (χ0) is 24.0. The smallest absolute Gasteiger partial charge is 0.287 e. The van der Waals surface area contributed by atoms with Gasteiger partial charge in [0.2, 0.25) is 11.6 Å². The summed E-state index contributed by atoms with van der Waals surface area (Å²) in [6, 6.07) is 8.01. The predicted octanol–water partition coefficient (Wildman–Crippen LogP) is 5.14. The number of nitrogens with one attached hydrogen (secondary N) is 1. The highest BCUT2D eigenvalue weighted by Gasteiger charge is 2.21. The summed E-state index contributed by atoms with van der Waals surface area (Å²) < 4.78 is 75.0. The number of hydrogen-bond acceptors (Lipinski definition) is 5. The highest BCUT2D eigenvalue weighted by atomic mass is 19.2. The number of carbonyl (C=O) groups excluding carboxylic acids is 1. The second kappa shape index (κ2) is 10.8. The number of hydrogen-bond donors (Lipinski definition) is 1. The van der Waals surface area contributed by atoms with Gasteiger partial charge in [0.1, 0.15) is 12.4 Å². The van der Waals surface area contributed by atoms with E-state index in [1.807, 2.05) is 13.8 Å². The molecule has 2 aromatic carbocycles. The Hall–Kier alpha value is -3.69. The van der Waals surface area contributed by atoms with E-state index in [1.54, 1.807) is 18.2 Å². The zero-order valence-corrected chi connectivity index (χ0v) is 17.8. The first-order valence-electron chi connectivity index (χ1n) is 10.0. The van der Waals surface area contributed by atoms with Crippen molar-refractivity contribution in [3.05, 3.63) is 76.8 Å². The molecule has 1 N–H and O–H groups in total. The summed E-state index contributed by atoms with van der Waals surface area (Å²) in [6.45, 7) is 4.24. The van der Waals surface area contributed by atoms with Gasteiger partial charge in [0.25, 0.3) is 5.91 Å². The Morgan fingerprint density at radius 2 is 1.55 bits per heavy atom. The average molecular weight is 467 g/mol. The maximum absolute atomic E-state index is 13.7. The van der Waals surface area contributed by atoms with Crippen LogP contribution < -0.4 is 19.5 Å². The molecule has 10 heteroatoms. The normalized spacial score (nSPS) is 10.7. The molecule has 3 aromatic rings. The van der Waals surface area contributed by atoms with Crippen molar-refractivity contribution in [3.63, 3.8) is 0 Å². The van der Waals surface area contributed by atoms with Gasteiger partial charge in [-0.25, -0.2) is 8.78 Å². The minimum Gasteiger partial charge on any atom is -0.490 e. The molecule has 1 heterocycles. The van der Waals surface area contributed by atoms with Gasteiger partial charge in [0.15, 0.2) is 34.6 Å². The molecule has 0 atom stereocenters. The van der Waals surface area contributed by atoms with Gasteiger partial charge in [0, 0.05) is 12.6 Å². The monoisotopic (exact) mass is 467 g/mol. The fourth-order valence-corrected chi connectivity index (χ4v) is 2.87. The third-order valence-corrected chi connectivity index (χ3v) is 4.38. The third kappa shape index (κ3) is 5.76. The highest BCUT2D eigenvalue weighted by Crippen LogP contribution is 2.29. The first-order valence-corrected chi connectivity index (χ1v) is 10.0. The molecular weight excluding hydrogens is 446 g/mol. The molecule has 0 saturated carbocycles. The SMILES string of the molecule is CCOc1ccc(CNC(=O)c2ccc(COc3c(F)c(F)cc(F)c3F)o2)cc1OCC. The Morgan fingerprint density at radius 1 is 0.879 bits per heavy atom. The van der Waals surface area contributed by atoms with Gasteiger partial charge in [0.05, 0.1) is 13.2 Å². The van der Waals surface area contributed by atoms with Gasteiger partial charge >= 0.3 is 0 Å². The van der Waals surface area contributed by atoms with Gasteiger partial charge in [-0.15, -0.1) is 0 Å². The number of benzene rings is 2. The molecule has 0 spiro atoms. The first-order chi connectivity index (χ1) is 15.8. The molecule has 176 valence electrons. The van der Waals surface area contributed by atoms with E-state index in [1.165, 1.54) is 12.1 Å². The number of ether oxygens (including phenoxy) is 3. The van der Waals surface area contributed by atoms with E-state index in [0.29, 0.717) is 24.7 Å². The van der Waals surface area contributed by atoms with Crippen LogP contribution in [0.2, 0.25) is 0 Å². The second-order valence-electron chi connectivity index (χ2n) is 6.68. The molecule has 0 fully saturated rings. The van der Waals surface area contributed by atoms with Gasteiger partial charge in [-0.3, -0.25) is 4.79 Å². The van der Waals surface area contributed by atoms with Crippen LogP contribution in [0.3, 0.4) is 0 Å². The molecule has 3 rings (SSSR count). The molecule has 33 heavy (non-hydrogen) atoms. The molecule has 0 aliphatic heterocycles. The fraction of sp³-hybridized carbons (Fsp3) is 0.261.